The molecular weight excluding hydrogens is 372 g/mol. The number of nitrogens with one attached hydrogen (secondary N) is 1. The van der Waals surface area contributed by atoms with Crippen molar-refractivity contribution in [2.75, 3.05) is 19.6 Å². The van der Waals surface area contributed by atoms with Gasteiger partial charge in [0.15, 0.2) is 0 Å². The largest absolute Gasteiger partial charge is 0.361 e. The van der Waals surface area contributed by atoms with E-state index in [9.17, 15) is 4.39 Å². The SMILES string of the molecule is Cl.Cl.Fc1ccc2[nH]cc(C3CCN(CCc4ccncc4)CC3)c2c1. The Kier molecular flexibility index (Phi) is 7.44. The number of piperidine rings is 1. The first-order valence-electron chi connectivity index (χ1n) is 8.67. The van der Waals surface area contributed by atoms with E-state index in [4.69, 9.17) is 0 Å². The van der Waals surface area contributed by atoms with Crippen molar-refractivity contribution in [1.82, 2.24) is 14.9 Å². The molecule has 0 saturated carbocycles. The summed E-state index contributed by atoms with van der Waals surface area (Å²) in [5.41, 5.74) is 3.66. The molecule has 1 N–H and O–H groups in total. The molecule has 3 nitrogen and oxygen atoms in total. The second kappa shape index (κ2) is 9.36. The lowest BCUT2D eigenvalue weighted by molar-refractivity contribution is 0.215. The zero-order chi connectivity index (χ0) is 16.4. The van der Waals surface area contributed by atoms with Crippen LogP contribution in [0, 0.1) is 5.82 Å². The Bertz CT molecular complexity index is 814. The first kappa shape index (κ1) is 20.7. The number of aromatic nitrogens is 2. The second-order valence-electron chi connectivity index (χ2n) is 6.66. The van der Waals surface area contributed by atoms with Crippen LogP contribution >= 0.6 is 24.8 Å². The van der Waals surface area contributed by atoms with Crippen LogP contribution in [0.5, 0.6) is 0 Å². The summed E-state index contributed by atoms with van der Waals surface area (Å²) in [6.45, 7) is 3.31. The normalized spacial score (nSPS) is 15.4. The van der Waals surface area contributed by atoms with E-state index in [-0.39, 0.29) is 30.6 Å². The van der Waals surface area contributed by atoms with Gasteiger partial charge >= 0.3 is 0 Å². The van der Waals surface area contributed by atoms with Gasteiger partial charge in [0.2, 0.25) is 0 Å². The molecule has 0 amide bonds. The van der Waals surface area contributed by atoms with Crippen molar-refractivity contribution in [1.29, 1.82) is 0 Å². The Morgan fingerprint density at radius 2 is 1.81 bits per heavy atom. The number of aromatic amines is 1. The van der Waals surface area contributed by atoms with Crippen LogP contribution in [-0.2, 0) is 6.42 Å². The van der Waals surface area contributed by atoms with Gasteiger partial charge in [-0.15, -0.1) is 24.8 Å². The molecule has 1 aliphatic heterocycles. The highest BCUT2D eigenvalue weighted by molar-refractivity contribution is 5.85. The van der Waals surface area contributed by atoms with Gasteiger partial charge in [-0.25, -0.2) is 4.39 Å². The molecule has 4 rings (SSSR count). The van der Waals surface area contributed by atoms with Gasteiger partial charge in [-0.2, -0.15) is 0 Å². The van der Waals surface area contributed by atoms with Crippen LogP contribution in [0.4, 0.5) is 4.39 Å². The summed E-state index contributed by atoms with van der Waals surface area (Å²) >= 11 is 0. The third-order valence-electron chi connectivity index (χ3n) is 5.17. The highest BCUT2D eigenvalue weighted by atomic mass is 35.5. The average molecular weight is 396 g/mol. The van der Waals surface area contributed by atoms with Crippen LogP contribution in [0.2, 0.25) is 0 Å². The van der Waals surface area contributed by atoms with Crippen molar-refractivity contribution in [3.05, 3.63) is 65.9 Å². The number of hydrogen-bond donors (Lipinski definition) is 1. The quantitative estimate of drug-likeness (QED) is 0.676. The molecule has 6 heteroatoms. The molecule has 1 aromatic carbocycles. The number of pyridine rings is 1. The molecule has 3 aromatic rings. The number of likely N-dealkylation sites (tertiary alicyclic amines) is 1. The average Bonchev–Trinajstić information content (AvgIpc) is 3.04. The van der Waals surface area contributed by atoms with Crippen LogP contribution in [0.25, 0.3) is 10.9 Å². The van der Waals surface area contributed by atoms with E-state index in [1.807, 2.05) is 18.5 Å². The molecule has 1 saturated heterocycles. The molecule has 0 radical (unpaired) electrons. The number of H-pyrrole nitrogens is 1. The van der Waals surface area contributed by atoms with E-state index < -0.39 is 0 Å². The third-order valence-corrected chi connectivity index (χ3v) is 5.17. The lowest BCUT2D eigenvalue weighted by atomic mass is 9.89. The minimum Gasteiger partial charge on any atom is -0.361 e. The predicted octanol–water partition coefficient (Wildman–Crippen LogP) is 4.97. The molecule has 26 heavy (non-hydrogen) atoms. The zero-order valence-corrected chi connectivity index (χ0v) is 16.2. The summed E-state index contributed by atoms with van der Waals surface area (Å²) in [5.74, 6) is 0.371. The minimum atomic E-state index is -0.155. The van der Waals surface area contributed by atoms with Gasteiger partial charge in [0.1, 0.15) is 5.82 Å². The third kappa shape index (κ3) is 4.56. The summed E-state index contributed by atoms with van der Waals surface area (Å²) in [7, 11) is 0. The standard InChI is InChI=1S/C20H22FN3.2ClH/c21-17-1-2-20-18(13-17)19(14-23-20)16-6-11-24(12-7-16)10-5-15-3-8-22-9-4-15;;/h1-4,8-9,13-14,16,23H,5-7,10-12H2;2*1H. The number of benzene rings is 1. The number of nitrogens with zero attached hydrogens (tertiary/aromatic N) is 2. The van der Waals surface area contributed by atoms with Gasteiger partial charge in [-0.3, -0.25) is 4.98 Å². The lowest BCUT2D eigenvalue weighted by Gasteiger charge is -2.32. The van der Waals surface area contributed by atoms with Crippen LogP contribution < -0.4 is 0 Å². The topological polar surface area (TPSA) is 31.9 Å². The van der Waals surface area contributed by atoms with E-state index >= 15 is 0 Å². The Morgan fingerprint density at radius 3 is 2.54 bits per heavy atom. The van der Waals surface area contributed by atoms with Crippen molar-refractivity contribution in [3.63, 3.8) is 0 Å². The van der Waals surface area contributed by atoms with E-state index in [0.717, 1.165) is 49.8 Å². The fraction of sp³-hybridized carbons (Fsp3) is 0.350. The van der Waals surface area contributed by atoms with Crippen molar-refractivity contribution in [3.8, 4) is 0 Å². The lowest BCUT2D eigenvalue weighted by Crippen LogP contribution is -2.34. The van der Waals surface area contributed by atoms with Gasteiger partial charge in [-0.1, -0.05) is 0 Å². The maximum Gasteiger partial charge on any atom is 0.123 e. The van der Waals surface area contributed by atoms with Gasteiger partial charge in [0.05, 0.1) is 0 Å². The molecular formula is C20H24Cl2FN3. The number of halogens is 3. The summed E-state index contributed by atoms with van der Waals surface area (Å²) < 4.78 is 13.6. The molecule has 0 atom stereocenters. The fourth-order valence-corrected chi connectivity index (χ4v) is 3.76. The molecule has 0 spiro atoms. The minimum absolute atomic E-state index is 0. The highest BCUT2D eigenvalue weighted by Gasteiger charge is 2.22. The number of fused-ring (bicyclic) bond motifs is 1. The van der Waals surface area contributed by atoms with Crippen molar-refractivity contribution >= 4 is 35.7 Å². The Balaban J connectivity index is 0.00000121. The first-order valence-corrected chi connectivity index (χ1v) is 8.67. The molecule has 0 aliphatic carbocycles. The van der Waals surface area contributed by atoms with Gasteiger partial charge < -0.3 is 9.88 Å². The van der Waals surface area contributed by atoms with E-state index in [1.54, 1.807) is 6.07 Å². The molecule has 1 fully saturated rings. The Morgan fingerprint density at radius 1 is 1.08 bits per heavy atom. The van der Waals surface area contributed by atoms with Crippen LogP contribution in [0.3, 0.4) is 0 Å². The van der Waals surface area contributed by atoms with Crippen molar-refractivity contribution < 1.29 is 4.39 Å². The maximum absolute atomic E-state index is 13.6. The van der Waals surface area contributed by atoms with Gasteiger partial charge in [-0.05, 0) is 79.7 Å². The monoisotopic (exact) mass is 395 g/mol. The summed E-state index contributed by atoms with van der Waals surface area (Å²) in [5, 5.41) is 1.05. The highest BCUT2D eigenvalue weighted by Crippen LogP contribution is 2.33. The Hall–Kier alpha value is -1.62. The van der Waals surface area contributed by atoms with Crippen LogP contribution in [-0.4, -0.2) is 34.5 Å². The zero-order valence-electron chi connectivity index (χ0n) is 14.5. The molecule has 0 bridgehead atoms. The van der Waals surface area contributed by atoms with Crippen LogP contribution in [0.15, 0.2) is 48.9 Å². The molecule has 1 aliphatic rings. The summed E-state index contributed by atoms with van der Waals surface area (Å²) in [6.07, 6.45) is 9.14. The molecule has 3 heterocycles. The smallest absolute Gasteiger partial charge is 0.123 e. The van der Waals surface area contributed by atoms with E-state index in [2.05, 4.69) is 33.2 Å². The Labute approximate surface area is 165 Å². The van der Waals surface area contributed by atoms with Gasteiger partial charge in [0.25, 0.3) is 0 Å². The maximum atomic E-state index is 13.6. The molecule has 140 valence electrons. The number of rotatable bonds is 4. The number of hydrogen-bond acceptors (Lipinski definition) is 2. The van der Waals surface area contributed by atoms with E-state index in [0.29, 0.717) is 5.92 Å². The van der Waals surface area contributed by atoms with Crippen molar-refractivity contribution in [2.24, 2.45) is 0 Å². The predicted molar refractivity (Wildman–Crippen MR) is 109 cm³/mol. The summed E-state index contributed by atoms with van der Waals surface area (Å²) in [4.78, 5) is 9.88. The van der Waals surface area contributed by atoms with Crippen molar-refractivity contribution in [2.45, 2.75) is 25.2 Å². The van der Waals surface area contributed by atoms with E-state index in [1.165, 1.54) is 17.2 Å². The van der Waals surface area contributed by atoms with Gasteiger partial charge in [0, 0.05) is 36.0 Å². The molecule has 2 aromatic heterocycles. The second-order valence-corrected chi connectivity index (χ2v) is 6.66. The molecule has 0 unspecified atom stereocenters. The fourth-order valence-electron chi connectivity index (χ4n) is 3.76. The van der Waals surface area contributed by atoms with Crippen LogP contribution in [0.1, 0.15) is 29.9 Å². The summed E-state index contributed by atoms with van der Waals surface area (Å²) in [6, 6.07) is 9.19. The first-order chi connectivity index (χ1) is 11.8.